The lowest BCUT2D eigenvalue weighted by atomic mass is 9.72. The van der Waals surface area contributed by atoms with E-state index in [1.807, 2.05) is 0 Å². The van der Waals surface area contributed by atoms with E-state index >= 15 is 0 Å². The fraction of sp³-hybridized carbons (Fsp3) is 0.500. The SMILES string of the molecule is CCc1ccc2c(c1)B(O)OC21CCC1. The third-order valence-corrected chi connectivity index (χ3v) is 3.78. The molecule has 3 rings (SSSR count). The zero-order valence-electron chi connectivity index (χ0n) is 8.99. The monoisotopic (exact) mass is 202 g/mol. The number of fused-ring (bicyclic) bond motifs is 2. The van der Waals surface area contributed by atoms with Gasteiger partial charge in [-0.25, -0.2) is 0 Å². The third-order valence-electron chi connectivity index (χ3n) is 3.78. The number of benzene rings is 1. The van der Waals surface area contributed by atoms with Gasteiger partial charge in [-0.2, -0.15) is 0 Å². The number of rotatable bonds is 1. The topological polar surface area (TPSA) is 29.5 Å². The molecule has 1 saturated carbocycles. The highest BCUT2D eigenvalue weighted by Crippen LogP contribution is 2.47. The standard InChI is InChI=1S/C12H15BO2/c1-2-9-4-5-10-11(8-9)13(14)15-12(10)6-3-7-12/h4-5,8,14H,2-3,6-7H2,1H3. The van der Waals surface area contributed by atoms with Crippen LogP contribution in [-0.2, 0) is 16.7 Å². The lowest BCUT2D eigenvalue weighted by Gasteiger charge is -2.39. The molecule has 1 aromatic carbocycles. The van der Waals surface area contributed by atoms with Crippen LogP contribution in [0, 0.1) is 0 Å². The van der Waals surface area contributed by atoms with Gasteiger partial charge in [0.15, 0.2) is 0 Å². The molecule has 0 saturated heterocycles. The van der Waals surface area contributed by atoms with E-state index < -0.39 is 7.12 Å². The molecule has 0 bridgehead atoms. The minimum atomic E-state index is -0.702. The first-order valence-corrected chi connectivity index (χ1v) is 5.74. The normalized spacial score (nSPS) is 21.6. The highest BCUT2D eigenvalue weighted by Gasteiger charge is 2.50. The molecule has 15 heavy (non-hydrogen) atoms. The molecule has 2 nitrogen and oxygen atoms in total. The number of hydrogen-bond acceptors (Lipinski definition) is 2. The summed E-state index contributed by atoms with van der Waals surface area (Å²) in [6, 6.07) is 6.39. The lowest BCUT2D eigenvalue weighted by Crippen LogP contribution is -2.35. The minimum absolute atomic E-state index is 0.138. The predicted octanol–water partition coefficient (Wildman–Crippen LogP) is 1.35. The van der Waals surface area contributed by atoms with Crippen LogP contribution in [0.1, 0.15) is 37.3 Å². The quantitative estimate of drug-likeness (QED) is 0.696. The molecule has 78 valence electrons. The fourth-order valence-electron chi connectivity index (χ4n) is 2.68. The Kier molecular flexibility index (Phi) is 1.95. The largest absolute Gasteiger partial charge is 0.492 e. The summed E-state index contributed by atoms with van der Waals surface area (Å²) in [5, 5.41) is 9.88. The maximum Gasteiger partial charge on any atom is 0.492 e. The molecule has 0 radical (unpaired) electrons. The first-order valence-electron chi connectivity index (χ1n) is 5.74. The van der Waals surface area contributed by atoms with E-state index in [1.165, 1.54) is 17.5 Å². The van der Waals surface area contributed by atoms with Gasteiger partial charge in [-0.15, -0.1) is 0 Å². The number of hydrogen-bond donors (Lipinski definition) is 1. The molecule has 0 amide bonds. The van der Waals surface area contributed by atoms with Crippen LogP contribution >= 0.6 is 0 Å². The van der Waals surface area contributed by atoms with Gasteiger partial charge in [0.25, 0.3) is 0 Å². The van der Waals surface area contributed by atoms with Crippen molar-refractivity contribution < 1.29 is 9.68 Å². The minimum Gasteiger partial charge on any atom is -0.423 e. The molecule has 1 aromatic rings. The molecule has 1 spiro atoms. The Hall–Kier alpha value is -0.795. The Balaban J connectivity index is 2.09. The Morgan fingerprint density at radius 1 is 1.47 bits per heavy atom. The van der Waals surface area contributed by atoms with Crippen LogP contribution in [-0.4, -0.2) is 12.1 Å². The molecule has 1 heterocycles. The van der Waals surface area contributed by atoms with Crippen LogP contribution in [0.2, 0.25) is 0 Å². The van der Waals surface area contributed by atoms with E-state index in [0.717, 1.165) is 24.7 Å². The van der Waals surface area contributed by atoms with Crippen molar-refractivity contribution in [1.29, 1.82) is 0 Å². The molecule has 2 aliphatic rings. The van der Waals surface area contributed by atoms with Crippen molar-refractivity contribution in [3.05, 3.63) is 29.3 Å². The van der Waals surface area contributed by atoms with Crippen molar-refractivity contribution in [1.82, 2.24) is 0 Å². The molecule has 1 aliphatic carbocycles. The molecule has 0 atom stereocenters. The summed E-state index contributed by atoms with van der Waals surface area (Å²) in [7, 11) is -0.702. The van der Waals surface area contributed by atoms with Gasteiger partial charge in [-0.05, 0) is 42.3 Å². The van der Waals surface area contributed by atoms with Crippen LogP contribution < -0.4 is 5.46 Å². The third kappa shape index (κ3) is 1.20. The van der Waals surface area contributed by atoms with Crippen molar-refractivity contribution in [2.24, 2.45) is 0 Å². The molecule has 1 N–H and O–H groups in total. The van der Waals surface area contributed by atoms with Gasteiger partial charge < -0.3 is 9.68 Å². The second-order valence-electron chi connectivity index (χ2n) is 4.59. The Bertz CT molecular complexity index is 399. The molecule has 1 fully saturated rings. The maximum atomic E-state index is 9.88. The second-order valence-corrected chi connectivity index (χ2v) is 4.59. The first kappa shape index (κ1) is 9.43. The van der Waals surface area contributed by atoms with Gasteiger partial charge in [0.2, 0.25) is 0 Å². The summed E-state index contributed by atoms with van der Waals surface area (Å²) in [6.07, 6.45) is 4.33. The molecule has 3 heteroatoms. The molecular formula is C12H15BO2. The zero-order valence-corrected chi connectivity index (χ0v) is 8.99. The van der Waals surface area contributed by atoms with E-state index in [9.17, 15) is 5.02 Å². The van der Waals surface area contributed by atoms with Gasteiger partial charge in [-0.1, -0.05) is 25.1 Å². The van der Waals surface area contributed by atoms with Crippen LogP contribution in [0.3, 0.4) is 0 Å². The summed E-state index contributed by atoms with van der Waals surface area (Å²) in [6.45, 7) is 2.13. The Labute approximate surface area is 90.4 Å². The van der Waals surface area contributed by atoms with Crippen LogP contribution in [0.5, 0.6) is 0 Å². The van der Waals surface area contributed by atoms with E-state index in [-0.39, 0.29) is 5.60 Å². The first-order chi connectivity index (χ1) is 7.25. The average Bonchev–Trinajstić information content (AvgIpc) is 2.51. The van der Waals surface area contributed by atoms with Gasteiger partial charge in [0.1, 0.15) is 0 Å². The highest BCUT2D eigenvalue weighted by molar-refractivity contribution is 6.62. The van der Waals surface area contributed by atoms with E-state index in [2.05, 4.69) is 25.1 Å². The van der Waals surface area contributed by atoms with Crippen molar-refractivity contribution in [2.45, 2.75) is 38.2 Å². The Morgan fingerprint density at radius 3 is 2.87 bits per heavy atom. The highest BCUT2D eigenvalue weighted by atomic mass is 16.5. The molecular weight excluding hydrogens is 187 g/mol. The summed E-state index contributed by atoms with van der Waals surface area (Å²) in [5.74, 6) is 0. The van der Waals surface area contributed by atoms with Crippen molar-refractivity contribution >= 4 is 12.6 Å². The number of aryl methyl sites for hydroxylation is 1. The van der Waals surface area contributed by atoms with Crippen molar-refractivity contribution in [3.8, 4) is 0 Å². The lowest BCUT2D eigenvalue weighted by molar-refractivity contribution is -0.0152. The summed E-state index contributed by atoms with van der Waals surface area (Å²) in [4.78, 5) is 0. The van der Waals surface area contributed by atoms with E-state index in [0.29, 0.717) is 0 Å². The maximum absolute atomic E-state index is 9.88. The van der Waals surface area contributed by atoms with E-state index in [1.54, 1.807) is 0 Å². The van der Waals surface area contributed by atoms with Crippen LogP contribution in [0.4, 0.5) is 0 Å². The van der Waals surface area contributed by atoms with Gasteiger partial charge in [-0.3, -0.25) is 0 Å². The van der Waals surface area contributed by atoms with Gasteiger partial charge >= 0.3 is 7.12 Å². The summed E-state index contributed by atoms with van der Waals surface area (Å²) in [5.41, 5.74) is 3.35. The average molecular weight is 202 g/mol. The van der Waals surface area contributed by atoms with Crippen molar-refractivity contribution in [2.75, 3.05) is 0 Å². The molecule has 0 aromatic heterocycles. The fourth-order valence-corrected chi connectivity index (χ4v) is 2.68. The zero-order chi connectivity index (χ0) is 10.5. The van der Waals surface area contributed by atoms with Gasteiger partial charge in [0.05, 0.1) is 5.60 Å². The second kappa shape index (κ2) is 3.10. The van der Waals surface area contributed by atoms with E-state index in [4.69, 9.17) is 4.65 Å². The summed E-state index contributed by atoms with van der Waals surface area (Å²) < 4.78 is 5.71. The predicted molar refractivity (Wildman–Crippen MR) is 60.0 cm³/mol. The van der Waals surface area contributed by atoms with Crippen LogP contribution in [0.15, 0.2) is 18.2 Å². The van der Waals surface area contributed by atoms with Crippen molar-refractivity contribution in [3.63, 3.8) is 0 Å². The van der Waals surface area contributed by atoms with Crippen LogP contribution in [0.25, 0.3) is 0 Å². The molecule has 1 aliphatic heterocycles. The smallest absolute Gasteiger partial charge is 0.423 e. The summed E-state index contributed by atoms with van der Waals surface area (Å²) >= 11 is 0. The van der Waals surface area contributed by atoms with Gasteiger partial charge in [0, 0.05) is 0 Å². The Morgan fingerprint density at radius 2 is 2.27 bits per heavy atom. The molecule has 0 unspecified atom stereocenters.